The van der Waals surface area contributed by atoms with Crippen LogP contribution in [-0.4, -0.2) is 15.4 Å². The number of fused-ring (bicyclic) bond motifs is 1. The third-order valence-corrected chi connectivity index (χ3v) is 4.72. The number of rotatable bonds is 4. The van der Waals surface area contributed by atoms with Gasteiger partial charge in [-0.2, -0.15) is 0 Å². The van der Waals surface area contributed by atoms with E-state index in [0.717, 1.165) is 28.8 Å². The third-order valence-electron chi connectivity index (χ3n) is 4.04. The summed E-state index contributed by atoms with van der Waals surface area (Å²) in [5.41, 5.74) is 2.52. The van der Waals surface area contributed by atoms with Crippen LogP contribution in [0.25, 0.3) is 11.0 Å². The highest BCUT2D eigenvalue weighted by Crippen LogP contribution is 2.29. The van der Waals surface area contributed by atoms with Gasteiger partial charge in [-0.25, -0.2) is 4.98 Å². The predicted molar refractivity (Wildman–Crippen MR) is 90.5 cm³/mol. The SMILES string of the molecule is CC(Cn1c(CCCl)nc2ccc(Br)cc21)C(C)(C)C. The summed E-state index contributed by atoms with van der Waals surface area (Å²) in [5, 5.41) is 0. The molecule has 0 saturated carbocycles. The molecule has 1 aromatic carbocycles. The molecule has 0 bridgehead atoms. The molecule has 2 rings (SSSR count). The van der Waals surface area contributed by atoms with Gasteiger partial charge in [-0.05, 0) is 29.5 Å². The Morgan fingerprint density at radius 2 is 2.05 bits per heavy atom. The Morgan fingerprint density at radius 1 is 1.35 bits per heavy atom. The monoisotopic (exact) mass is 356 g/mol. The lowest BCUT2D eigenvalue weighted by atomic mass is 9.82. The van der Waals surface area contributed by atoms with Crippen molar-refractivity contribution < 1.29 is 0 Å². The Bertz CT molecular complexity index is 598. The van der Waals surface area contributed by atoms with Crippen LogP contribution in [0.4, 0.5) is 0 Å². The van der Waals surface area contributed by atoms with Crippen LogP contribution < -0.4 is 0 Å². The third kappa shape index (κ3) is 3.37. The van der Waals surface area contributed by atoms with Crippen LogP contribution in [0.1, 0.15) is 33.5 Å². The van der Waals surface area contributed by atoms with Crippen molar-refractivity contribution in [2.75, 3.05) is 5.88 Å². The number of hydrogen-bond donors (Lipinski definition) is 0. The van der Waals surface area contributed by atoms with Crippen LogP contribution in [0.15, 0.2) is 22.7 Å². The molecule has 4 heteroatoms. The molecule has 20 heavy (non-hydrogen) atoms. The van der Waals surface area contributed by atoms with Crippen LogP contribution in [-0.2, 0) is 13.0 Å². The number of benzene rings is 1. The van der Waals surface area contributed by atoms with Crippen LogP contribution in [0.2, 0.25) is 0 Å². The first-order chi connectivity index (χ1) is 9.32. The van der Waals surface area contributed by atoms with Gasteiger partial charge in [-0.15, -0.1) is 11.6 Å². The Kier molecular flexibility index (Phi) is 4.80. The molecular formula is C16H22BrClN2. The maximum atomic E-state index is 5.93. The summed E-state index contributed by atoms with van der Waals surface area (Å²) in [7, 11) is 0. The van der Waals surface area contributed by atoms with Gasteiger partial charge in [0.1, 0.15) is 5.82 Å². The maximum absolute atomic E-state index is 5.93. The first-order valence-corrected chi connectivity index (χ1v) is 8.36. The fraction of sp³-hybridized carbons (Fsp3) is 0.562. The first-order valence-electron chi connectivity index (χ1n) is 7.03. The number of aromatic nitrogens is 2. The van der Waals surface area contributed by atoms with Gasteiger partial charge in [0.25, 0.3) is 0 Å². The molecule has 0 spiro atoms. The number of hydrogen-bond acceptors (Lipinski definition) is 1. The van der Waals surface area contributed by atoms with E-state index in [0.29, 0.717) is 11.8 Å². The molecule has 0 radical (unpaired) electrons. The second-order valence-electron chi connectivity index (χ2n) is 6.48. The fourth-order valence-electron chi connectivity index (χ4n) is 2.17. The molecule has 0 saturated heterocycles. The molecule has 0 aliphatic heterocycles. The van der Waals surface area contributed by atoms with Crippen molar-refractivity contribution in [2.24, 2.45) is 11.3 Å². The van der Waals surface area contributed by atoms with Crippen LogP contribution in [0, 0.1) is 11.3 Å². The van der Waals surface area contributed by atoms with Crippen molar-refractivity contribution in [3.8, 4) is 0 Å². The normalized spacial score (nSPS) is 13.9. The molecule has 110 valence electrons. The number of alkyl halides is 1. The average molecular weight is 358 g/mol. The molecule has 0 aliphatic rings. The second-order valence-corrected chi connectivity index (χ2v) is 7.77. The summed E-state index contributed by atoms with van der Waals surface area (Å²) >= 11 is 9.48. The van der Waals surface area contributed by atoms with Gasteiger partial charge in [0.05, 0.1) is 11.0 Å². The summed E-state index contributed by atoms with van der Waals surface area (Å²) in [6.45, 7) is 10.1. The molecule has 2 aromatic rings. The van der Waals surface area contributed by atoms with E-state index < -0.39 is 0 Å². The minimum atomic E-state index is 0.279. The fourth-order valence-corrected chi connectivity index (χ4v) is 2.69. The lowest BCUT2D eigenvalue weighted by Crippen LogP contribution is -2.23. The Labute approximate surface area is 134 Å². The zero-order valence-electron chi connectivity index (χ0n) is 12.6. The van der Waals surface area contributed by atoms with Gasteiger partial charge < -0.3 is 4.57 Å². The minimum absolute atomic E-state index is 0.279. The van der Waals surface area contributed by atoms with E-state index in [2.05, 4.69) is 60.3 Å². The Balaban J connectivity index is 2.47. The van der Waals surface area contributed by atoms with Gasteiger partial charge in [0.15, 0.2) is 0 Å². The average Bonchev–Trinajstić information content (AvgIpc) is 2.67. The highest BCUT2D eigenvalue weighted by atomic mass is 79.9. The zero-order valence-corrected chi connectivity index (χ0v) is 14.9. The summed E-state index contributed by atoms with van der Waals surface area (Å²) in [6.07, 6.45) is 0.810. The zero-order chi connectivity index (χ0) is 14.9. The van der Waals surface area contributed by atoms with E-state index in [9.17, 15) is 0 Å². The van der Waals surface area contributed by atoms with Crippen molar-refractivity contribution in [1.82, 2.24) is 9.55 Å². The number of nitrogens with zero attached hydrogens (tertiary/aromatic N) is 2. The van der Waals surface area contributed by atoms with Gasteiger partial charge >= 0.3 is 0 Å². The Hall–Kier alpha value is -0.540. The first kappa shape index (κ1) is 15.8. The van der Waals surface area contributed by atoms with Gasteiger partial charge in [-0.1, -0.05) is 43.6 Å². The van der Waals surface area contributed by atoms with Gasteiger partial charge in [-0.3, -0.25) is 0 Å². The van der Waals surface area contributed by atoms with Crippen molar-refractivity contribution in [1.29, 1.82) is 0 Å². The predicted octanol–water partition coefficient (Wildman–Crippen LogP) is 5.26. The van der Waals surface area contributed by atoms with Crippen molar-refractivity contribution in [2.45, 2.75) is 40.7 Å². The topological polar surface area (TPSA) is 17.8 Å². The number of aryl methyl sites for hydroxylation is 1. The van der Waals surface area contributed by atoms with E-state index in [1.165, 1.54) is 5.52 Å². The summed E-state index contributed by atoms with van der Waals surface area (Å²) < 4.78 is 3.42. The van der Waals surface area contributed by atoms with Crippen LogP contribution in [0.3, 0.4) is 0 Å². The molecule has 2 nitrogen and oxygen atoms in total. The van der Waals surface area contributed by atoms with Crippen LogP contribution in [0.5, 0.6) is 0 Å². The molecule has 0 amide bonds. The quantitative estimate of drug-likeness (QED) is 0.682. The molecule has 1 heterocycles. The largest absolute Gasteiger partial charge is 0.328 e. The molecule has 1 atom stereocenters. The van der Waals surface area contributed by atoms with E-state index >= 15 is 0 Å². The summed E-state index contributed by atoms with van der Waals surface area (Å²) in [5.74, 6) is 2.26. The summed E-state index contributed by atoms with van der Waals surface area (Å²) in [6, 6.07) is 6.25. The number of halogens is 2. The van der Waals surface area contributed by atoms with Crippen molar-refractivity contribution >= 4 is 38.6 Å². The number of imidazole rings is 1. The van der Waals surface area contributed by atoms with Crippen molar-refractivity contribution in [3.05, 3.63) is 28.5 Å². The van der Waals surface area contributed by atoms with Gasteiger partial charge in [0, 0.05) is 23.3 Å². The minimum Gasteiger partial charge on any atom is -0.328 e. The maximum Gasteiger partial charge on any atom is 0.111 e. The lowest BCUT2D eigenvalue weighted by Gasteiger charge is -2.28. The second kappa shape index (κ2) is 6.07. The molecule has 0 aliphatic carbocycles. The molecule has 0 fully saturated rings. The highest BCUT2D eigenvalue weighted by Gasteiger charge is 2.22. The molecule has 0 N–H and O–H groups in total. The molecule has 1 aromatic heterocycles. The van der Waals surface area contributed by atoms with Crippen LogP contribution >= 0.6 is 27.5 Å². The lowest BCUT2D eigenvalue weighted by molar-refractivity contribution is 0.233. The van der Waals surface area contributed by atoms with E-state index in [4.69, 9.17) is 16.6 Å². The standard InChI is InChI=1S/C16H22BrClN2/c1-11(16(2,3)4)10-20-14-9-12(17)5-6-13(14)19-15(20)7-8-18/h5-6,9,11H,7-8,10H2,1-4H3. The molecular weight excluding hydrogens is 336 g/mol. The van der Waals surface area contributed by atoms with E-state index in [1.54, 1.807) is 0 Å². The van der Waals surface area contributed by atoms with E-state index in [1.807, 2.05) is 6.07 Å². The highest BCUT2D eigenvalue weighted by molar-refractivity contribution is 9.10. The van der Waals surface area contributed by atoms with E-state index in [-0.39, 0.29) is 5.41 Å². The smallest absolute Gasteiger partial charge is 0.111 e. The van der Waals surface area contributed by atoms with Crippen molar-refractivity contribution in [3.63, 3.8) is 0 Å². The Morgan fingerprint density at radius 3 is 2.65 bits per heavy atom. The summed E-state index contributed by atoms with van der Waals surface area (Å²) in [4.78, 5) is 4.74. The molecule has 1 unspecified atom stereocenters. The van der Waals surface area contributed by atoms with Gasteiger partial charge in [0.2, 0.25) is 0 Å².